The minimum Gasteiger partial charge on any atom is -0.356 e. The summed E-state index contributed by atoms with van der Waals surface area (Å²) in [6.07, 6.45) is 4.54. The summed E-state index contributed by atoms with van der Waals surface area (Å²) in [6, 6.07) is 0. The third-order valence-corrected chi connectivity index (χ3v) is 8.28. The normalized spacial score (nSPS) is 36.2. The molecular formula is C16H32O5S. The molecule has 0 aromatic carbocycles. The molecule has 0 N–H and O–H groups in total. The number of fused-ring (bicyclic) bond motifs is 1. The van der Waals surface area contributed by atoms with Crippen LogP contribution < -0.4 is 0 Å². The molecule has 6 heteroatoms. The van der Waals surface area contributed by atoms with Gasteiger partial charge in [-0.05, 0) is 26.4 Å². The molecule has 4 atom stereocenters. The van der Waals surface area contributed by atoms with Crippen molar-refractivity contribution in [2.45, 2.75) is 76.2 Å². The van der Waals surface area contributed by atoms with Gasteiger partial charge in [0.25, 0.3) is 0 Å². The number of hydrogen-bond donors (Lipinski definition) is 0. The van der Waals surface area contributed by atoms with Crippen molar-refractivity contribution in [1.82, 2.24) is 0 Å². The Bertz CT molecular complexity index is 390. The zero-order valence-electron chi connectivity index (χ0n) is 15.2. The molecule has 0 radical (unpaired) electrons. The van der Waals surface area contributed by atoms with E-state index in [4.69, 9.17) is 23.1 Å². The van der Waals surface area contributed by atoms with Crippen LogP contribution in [0.15, 0.2) is 0 Å². The van der Waals surface area contributed by atoms with Crippen molar-refractivity contribution in [1.29, 1.82) is 0 Å². The molecule has 2 fully saturated rings. The molecule has 22 heavy (non-hydrogen) atoms. The van der Waals surface area contributed by atoms with Crippen molar-refractivity contribution >= 4 is 10.3 Å². The van der Waals surface area contributed by atoms with Gasteiger partial charge in [-0.1, -0.05) is 20.8 Å². The molecular weight excluding hydrogens is 304 g/mol. The summed E-state index contributed by atoms with van der Waals surface area (Å²) in [4.78, 5) is 0. The molecule has 2 aliphatic heterocycles. The fourth-order valence-corrected chi connectivity index (χ4v) is 3.41. The highest BCUT2D eigenvalue weighted by Gasteiger charge is 2.50. The van der Waals surface area contributed by atoms with Crippen molar-refractivity contribution in [3.8, 4) is 0 Å². The van der Waals surface area contributed by atoms with Crippen LogP contribution in [-0.2, 0) is 23.1 Å². The fraction of sp³-hybridized carbons (Fsp3) is 1.00. The van der Waals surface area contributed by atoms with Crippen LogP contribution >= 0.6 is 10.3 Å². The van der Waals surface area contributed by atoms with Crippen LogP contribution in [0.1, 0.15) is 41.0 Å². The Morgan fingerprint density at radius 1 is 1.18 bits per heavy atom. The second-order valence-electron chi connectivity index (χ2n) is 7.84. The van der Waals surface area contributed by atoms with E-state index in [2.05, 4.69) is 33.3 Å². The molecule has 2 saturated heterocycles. The lowest BCUT2D eigenvalue weighted by Crippen LogP contribution is -2.49. The van der Waals surface area contributed by atoms with Crippen molar-refractivity contribution in [2.24, 2.45) is 0 Å². The lowest BCUT2D eigenvalue weighted by Gasteiger charge is -2.45. The van der Waals surface area contributed by atoms with Crippen molar-refractivity contribution in [2.75, 3.05) is 26.2 Å². The van der Waals surface area contributed by atoms with E-state index < -0.39 is 16.1 Å². The first kappa shape index (κ1) is 18.5. The predicted molar refractivity (Wildman–Crippen MR) is 89.3 cm³/mol. The molecule has 0 bridgehead atoms. The summed E-state index contributed by atoms with van der Waals surface area (Å²) in [6.45, 7) is 11.0. The molecule has 0 saturated carbocycles. The van der Waals surface area contributed by atoms with Crippen LogP contribution in [0.25, 0.3) is 0 Å². The largest absolute Gasteiger partial charge is 0.356 e. The highest BCUT2D eigenvalue weighted by molar-refractivity contribution is 8.29. The van der Waals surface area contributed by atoms with E-state index in [1.165, 1.54) is 0 Å². The summed E-state index contributed by atoms with van der Waals surface area (Å²) < 4.78 is 29.8. The van der Waals surface area contributed by atoms with Gasteiger partial charge in [0.1, 0.15) is 12.2 Å². The van der Waals surface area contributed by atoms with Crippen LogP contribution in [0.3, 0.4) is 0 Å². The van der Waals surface area contributed by atoms with Gasteiger partial charge in [-0.3, -0.25) is 0 Å². The number of rotatable bonds is 4. The summed E-state index contributed by atoms with van der Waals surface area (Å²) in [5.41, 5.74) is 0. The first-order valence-electron chi connectivity index (χ1n) is 7.86. The van der Waals surface area contributed by atoms with Crippen molar-refractivity contribution in [3.05, 3.63) is 0 Å². The van der Waals surface area contributed by atoms with E-state index in [1.807, 2.05) is 13.8 Å². The fourth-order valence-electron chi connectivity index (χ4n) is 2.58. The van der Waals surface area contributed by atoms with Gasteiger partial charge in [0, 0.05) is 18.3 Å². The first-order chi connectivity index (χ1) is 9.95. The second kappa shape index (κ2) is 6.22. The number of hydrogen-bond acceptors (Lipinski definition) is 5. The Labute approximate surface area is 136 Å². The number of methoxy groups -OCH3 is 1. The maximum atomic E-state index is 6.27. The molecule has 2 rings (SSSR count). The van der Waals surface area contributed by atoms with Crippen molar-refractivity contribution < 1.29 is 23.1 Å². The van der Waals surface area contributed by atoms with E-state index in [1.54, 1.807) is 7.11 Å². The minimum absolute atomic E-state index is 0.00458. The Balaban J connectivity index is 2.05. The predicted octanol–water partition coefficient (Wildman–Crippen LogP) is 3.06. The first-order valence-corrected chi connectivity index (χ1v) is 10.2. The van der Waals surface area contributed by atoms with Gasteiger partial charge in [0.15, 0.2) is 12.1 Å². The molecule has 5 nitrogen and oxygen atoms in total. The van der Waals surface area contributed by atoms with Crippen molar-refractivity contribution in [3.63, 3.8) is 0 Å². The molecule has 0 aromatic heterocycles. The second-order valence-corrected chi connectivity index (χ2v) is 11.8. The quantitative estimate of drug-likeness (QED) is 0.789. The lowest BCUT2D eigenvalue weighted by atomic mass is 10.0. The zero-order valence-corrected chi connectivity index (χ0v) is 16.0. The summed E-state index contributed by atoms with van der Waals surface area (Å²) in [5.74, 6) is -0.577. The third-order valence-electron chi connectivity index (χ3n) is 4.60. The Kier molecular flexibility index (Phi) is 5.23. The Morgan fingerprint density at radius 2 is 1.82 bits per heavy atom. The van der Waals surface area contributed by atoms with Gasteiger partial charge in [-0.2, -0.15) is 0 Å². The average molecular weight is 336 g/mol. The van der Waals surface area contributed by atoms with E-state index in [9.17, 15) is 0 Å². The molecule has 2 aliphatic rings. The minimum atomic E-state index is -1.20. The van der Waals surface area contributed by atoms with E-state index >= 15 is 0 Å². The molecule has 2 heterocycles. The van der Waals surface area contributed by atoms with Gasteiger partial charge in [0.2, 0.25) is 0 Å². The van der Waals surface area contributed by atoms with E-state index in [0.717, 1.165) is 0 Å². The standard InChI is InChI=1S/C16H32O5S/c1-15(2,3)22(7,8)18-10-12-14-11(9-13(17-6)19-12)20-16(4,5)21-14/h11-14H,9-10H2,1-8H3/t11-,12-,13-,14-/m1/s1. The molecule has 0 aromatic rings. The molecule has 0 spiro atoms. The Hall–Kier alpha value is 0.150. The van der Waals surface area contributed by atoms with Crippen LogP contribution in [0.4, 0.5) is 0 Å². The molecule has 0 amide bonds. The SMILES string of the molecule is CO[C@H]1C[C@H]2OC(C)(C)O[C@H]2[C@@H](COS(C)(C)C(C)(C)C)O1. The van der Waals surface area contributed by atoms with E-state index in [0.29, 0.717) is 13.0 Å². The molecule has 0 unspecified atom stereocenters. The highest BCUT2D eigenvalue weighted by Crippen LogP contribution is 2.54. The topological polar surface area (TPSA) is 46.2 Å². The maximum absolute atomic E-state index is 6.27. The molecule has 0 aliphatic carbocycles. The summed E-state index contributed by atoms with van der Waals surface area (Å²) >= 11 is 0. The van der Waals surface area contributed by atoms with Crippen LogP contribution in [0, 0.1) is 0 Å². The summed E-state index contributed by atoms with van der Waals surface area (Å²) in [5, 5.41) is 0. The Morgan fingerprint density at radius 3 is 2.36 bits per heavy atom. The van der Waals surface area contributed by atoms with Crippen LogP contribution in [0.5, 0.6) is 0 Å². The maximum Gasteiger partial charge on any atom is 0.163 e. The molecule has 132 valence electrons. The lowest BCUT2D eigenvalue weighted by molar-refractivity contribution is -0.226. The third kappa shape index (κ3) is 3.97. The summed E-state index contributed by atoms with van der Waals surface area (Å²) in [7, 11) is 0.465. The van der Waals surface area contributed by atoms with Gasteiger partial charge in [-0.25, -0.2) is 0 Å². The van der Waals surface area contributed by atoms with Gasteiger partial charge in [0.05, 0.1) is 12.7 Å². The van der Waals surface area contributed by atoms with Gasteiger partial charge < -0.3 is 23.1 Å². The number of ether oxygens (including phenoxy) is 4. The van der Waals surface area contributed by atoms with Crippen LogP contribution in [-0.4, -0.2) is 61.4 Å². The van der Waals surface area contributed by atoms with E-state index in [-0.39, 0.29) is 29.3 Å². The zero-order chi connectivity index (χ0) is 16.8. The van der Waals surface area contributed by atoms with Gasteiger partial charge in [-0.15, -0.1) is 10.3 Å². The smallest absolute Gasteiger partial charge is 0.163 e. The monoisotopic (exact) mass is 336 g/mol. The average Bonchev–Trinajstić information content (AvgIpc) is 2.68. The van der Waals surface area contributed by atoms with Crippen LogP contribution in [0.2, 0.25) is 0 Å². The highest BCUT2D eigenvalue weighted by atomic mass is 32.3. The van der Waals surface area contributed by atoms with Gasteiger partial charge >= 0.3 is 0 Å².